The molecule has 0 saturated carbocycles. The van der Waals surface area contributed by atoms with Crippen molar-refractivity contribution in [3.05, 3.63) is 58.4 Å². The second-order valence-electron chi connectivity index (χ2n) is 7.11. The number of anilines is 1. The Morgan fingerprint density at radius 3 is 2.87 bits per heavy atom. The van der Waals surface area contributed by atoms with Gasteiger partial charge >= 0.3 is 6.03 Å². The predicted octanol–water partition coefficient (Wildman–Crippen LogP) is 3.31. The van der Waals surface area contributed by atoms with Crippen LogP contribution < -0.4 is 15.6 Å². The van der Waals surface area contributed by atoms with Crippen LogP contribution in [-0.2, 0) is 7.05 Å². The van der Waals surface area contributed by atoms with Gasteiger partial charge in [0, 0.05) is 13.6 Å². The van der Waals surface area contributed by atoms with E-state index in [0.717, 1.165) is 6.07 Å². The van der Waals surface area contributed by atoms with Gasteiger partial charge in [-0.2, -0.15) is 5.26 Å². The largest absolute Gasteiger partial charge is 0.453 e. The Labute approximate surface area is 175 Å². The molecule has 0 spiro atoms. The van der Waals surface area contributed by atoms with E-state index in [9.17, 15) is 23.6 Å². The predicted molar refractivity (Wildman–Crippen MR) is 108 cm³/mol. The minimum Gasteiger partial charge on any atom is -0.453 e. The highest BCUT2D eigenvalue weighted by atomic mass is 19.1. The van der Waals surface area contributed by atoms with Crippen molar-refractivity contribution in [3.63, 3.8) is 0 Å². The molecule has 2 aromatic carbocycles. The third kappa shape index (κ3) is 3.90. The van der Waals surface area contributed by atoms with Crippen molar-refractivity contribution in [2.45, 2.75) is 12.6 Å². The maximum atomic E-state index is 14.5. The highest BCUT2D eigenvalue weighted by Gasteiger charge is 2.27. The molecule has 4 rings (SSSR count). The molecule has 2 amide bonds. The summed E-state index contributed by atoms with van der Waals surface area (Å²) in [5.74, 6) is -1.10. The average Bonchev–Trinajstić information content (AvgIpc) is 3.20. The number of alkyl halides is 1. The van der Waals surface area contributed by atoms with Crippen molar-refractivity contribution in [2.24, 2.45) is 7.05 Å². The Morgan fingerprint density at radius 1 is 1.35 bits per heavy atom. The van der Waals surface area contributed by atoms with Crippen LogP contribution in [0.5, 0.6) is 11.5 Å². The topological polar surface area (TPSA) is 100 Å². The molecular weight excluding hydrogens is 408 g/mol. The smallest absolute Gasteiger partial charge is 0.321 e. The Hall–Kier alpha value is -4.00. The van der Waals surface area contributed by atoms with Crippen LogP contribution in [0.15, 0.2) is 41.5 Å². The highest BCUT2D eigenvalue weighted by molar-refractivity contribution is 5.91. The molecule has 10 heteroatoms. The van der Waals surface area contributed by atoms with Gasteiger partial charge in [-0.1, -0.05) is 0 Å². The number of nitriles is 1. The average molecular weight is 425 g/mol. The molecule has 1 fully saturated rings. The number of rotatable bonds is 3. The van der Waals surface area contributed by atoms with Crippen molar-refractivity contribution in [2.75, 3.05) is 18.4 Å². The van der Waals surface area contributed by atoms with Crippen molar-refractivity contribution >= 4 is 22.6 Å². The first kappa shape index (κ1) is 20.3. The Balaban J connectivity index is 1.67. The lowest BCUT2D eigenvalue weighted by Crippen LogP contribution is -2.33. The van der Waals surface area contributed by atoms with Gasteiger partial charge in [0.25, 0.3) is 5.56 Å². The Kier molecular flexibility index (Phi) is 5.25. The molecule has 1 aliphatic heterocycles. The summed E-state index contributed by atoms with van der Waals surface area (Å²) in [5.41, 5.74) is -0.0726. The number of carbonyl (C=O) groups excluding carboxylic acids is 1. The molecule has 0 radical (unpaired) electrons. The van der Waals surface area contributed by atoms with Crippen LogP contribution in [0.2, 0.25) is 0 Å². The van der Waals surface area contributed by atoms with E-state index >= 15 is 0 Å². The quantitative estimate of drug-likeness (QED) is 0.694. The molecule has 31 heavy (non-hydrogen) atoms. The number of carbonyl (C=O) groups is 1. The van der Waals surface area contributed by atoms with E-state index < -0.39 is 23.8 Å². The van der Waals surface area contributed by atoms with Gasteiger partial charge in [-0.3, -0.25) is 4.79 Å². The molecule has 2 heterocycles. The zero-order valence-corrected chi connectivity index (χ0v) is 16.4. The maximum absolute atomic E-state index is 14.5. The first-order chi connectivity index (χ1) is 14.9. The third-order valence-corrected chi connectivity index (χ3v) is 4.99. The van der Waals surface area contributed by atoms with Crippen LogP contribution in [0, 0.1) is 17.1 Å². The monoisotopic (exact) mass is 425 g/mol. The molecule has 1 saturated heterocycles. The van der Waals surface area contributed by atoms with Crippen LogP contribution in [0.1, 0.15) is 12.0 Å². The van der Waals surface area contributed by atoms with E-state index in [1.807, 2.05) is 6.07 Å². The van der Waals surface area contributed by atoms with Gasteiger partial charge in [-0.05, 0) is 36.8 Å². The zero-order valence-electron chi connectivity index (χ0n) is 16.4. The van der Waals surface area contributed by atoms with E-state index in [1.54, 1.807) is 13.1 Å². The van der Waals surface area contributed by atoms with Gasteiger partial charge < -0.3 is 19.5 Å². The van der Waals surface area contributed by atoms with Crippen LogP contribution in [0.4, 0.5) is 19.3 Å². The van der Waals surface area contributed by atoms with E-state index in [0.29, 0.717) is 5.52 Å². The van der Waals surface area contributed by atoms with Gasteiger partial charge in [-0.15, -0.1) is 0 Å². The number of fused-ring (bicyclic) bond motifs is 1. The minimum absolute atomic E-state index is 0.0320. The maximum Gasteiger partial charge on any atom is 0.321 e. The molecular formula is C21H17F2N5O3. The van der Waals surface area contributed by atoms with E-state index in [2.05, 4.69) is 10.3 Å². The number of aromatic nitrogens is 2. The van der Waals surface area contributed by atoms with Crippen LogP contribution in [0.25, 0.3) is 10.9 Å². The van der Waals surface area contributed by atoms with Gasteiger partial charge in [0.1, 0.15) is 23.6 Å². The summed E-state index contributed by atoms with van der Waals surface area (Å²) in [6.45, 7) is 0.206. The lowest BCUT2D eigenvalue weighted by Gasteiger charge is -2.18. The van der Waals surface area contributed by atoms with Crippen molar-refractivity contribution in [1.29, 1.82) is 5.26 Å². The molecule has 0 aliphatic carbocycles. The van der Waals surface area contributed by atoms with Crippen LogP contribution in [0.3, 0.4) is 0 Å². The fourth-order valence-corrected chi connectivity index (χ4v) is 3.34. The number of urea groups is 1. The second kappa shape index (κ2) is 8.02. The molecule has 1 atom stereocenters. The second-order valence-corrected chi connectivity index (χ2v) is 7.11. The van der Waals surface area contributed by atoms with Crippen molar-refractivity contribution in [3.8, 4) is 17.6 Å². The fourth-order valence-electron chi connectivity index (χ4n) is 3.34. The lowest BCUT2D eigenvalue weighted by molar-refractivity contribution is 0.218. The molecule has 1 N–H and O–H groups in total. The van der Waals surface area contributed by atoms with Gasteiger partial charge in [0.15, 0.2) is 11.6 Å². The molecule has 1 aromatic heterocycles. The van der Waals surface area contributed by atoms with E-state index in [1.165, 1.54) is 34.0 Å². The summed E-state index contributed by atoms with van der Waals surface area (Å²) in [6, 6.07) is 7.98. The van der Waals surface area contributed by atoms with Gasteiger partial charge in [-0.25, -0.2) is 18.6 Å². The summed E-state index contributed by atoms with van der Waals surface area (Å²) in [6.07, 6.45) is 0.534. The summed E-state index contributed by atoms with van der Waals surface area (Å²) < 4.78 is 34.8. The molecule has 1 aliphatic rings. The molecule has 8 nitrogen and oxygen atoms in total. The number of aryl methyl sites for hydroxylation is 1. The van der Waals surface area contributed by atoms with Crippen molar-refractivity contribution in [1.82, 2.24) is 14.5 Å². The van der Waals surface area contributed by atoms with E-state index in [4.69, 9.17) is 4.74 Å². The minimum atomic E-state index is -1.09. The Morgan fingerprint density at radius 2 is 2.16 bits per heavy atom. The summed E-state index contributed by atoms with van der Waals surface area (Å²) in [4.78, 5) is 30.1. The lowest BCUT2D eigenvalue weighted by atomic mass is 10.1. The van der Waals surface area contributed by atoms with Crippen LogP contribution in [-0.4, -0.2) is 39.7 Å². The van der Waals surface area contributed by atoms with Crippen molar-refractivity contribution < 1.29 is 18.3 Å². The number of hydrogen-bond acceptors (Lipinski definition) is 5. The third-order valence-electron chi connectivity index (χ3n) is 4.99. The van der Waals surface area contributed by atoms with Gasteiger partial charge in [0.2, 0.25) is 0 Å². The summed E-state index contributed by atoms with van der Waals surface area (Å²) >= 11 is 0. The SMILES string of the molecule is Cn1cnc2ccc(Oc3c(F)ccc(NC(=O)N4CC[C@H](F)C4)c3C#N)cc2c1=O. The van der Waals surface area contributed by atoms with Crippen LogP contribution >= 0.6 is 0 Å². The number of amides is 2. The molecule has 3 aromatic rings. The highest BCUT2D eigenvalue weighted by Crippen LogP contribution is 2.34. The zero-order chi connectivity index (χ0) is 22.1. The Bertz CT molecular complexity index is 1280. The summed E-state index contributed by atoms with van der Waals surface area (Å²) in [5, 5.41) is 12.4. The first-order valence-electron chi connectivity index (χ1n) is 9.43. The number of nitrogens with one attached hydrogen (secondary N) is 1. The van der Waals surface area contributed by atoms with E-state index in [-0.39, 0.29) is 47.5 Å². The van der Waals surface area contributed by atoms with Gasteiger partial charge in [0.05, 0.1) is 29.5 Å². The molecule has 0 bridgehead atoms. The molecule has 158 valence electrons. The standard InChI is InChI=1S/C21H17F2N5O3/c1-27-11-25-17-4-2-13(8-14(17)20(27)29)31-19-15(9-24)18(5-3-16(19)23)26-21(30)28-7-6-12(22)10-28/h2-5,8,11-12H,6-7,10H2,1H3,(H,26,30)/t12-/m0/s1. The number of likely N-dealkylation sites (tertiary alicyclic amines) is 1. The summed E-state index contributed by atoms with van der Waals surface area (Å²) in [7, 11) is 1.55. The normalized spacial score (nSPS) is 15.7. The fraction of sp³-hybridized carbons (Fsp3) is 0.238. The molecule has 0 unspecified atom stereocenters. The first-order valence-corrected chi connectivity index (χ1v) is 9.43. The number of benzene rings is 2. The number of halogens is 2. The number of nitrogens with zero attached hydrogens (tertiary/aromatic N) is 4. The number of hydrogen-bond donors (Lipinski definition) is 1. The number of ether oxygens (including phenoxy) is 1.